The molecule has 0 fully saturated rings. The van der Waals surface area contributed by atoms with E-state index in [2.05, 4.69) is 26.1 Å². The van der Waals surface area contributed by atoms with Crippen LogP contribution in [-0.2, 0) is 0 Å². The van der Waals surface area contributed by atoms with Crippen molar-refractivity contribution >= 4 is 7.85 Å². The second-order valence-electron chi connectivity index (χ2n) is 3.48. The number of aliphatic hydroxyl groups excluding tert-OH is 1. The van der Waals surface area contributed by atoms with Crippen LogP contribution in [0.5, 0.6) is 0 Å². The van der Waals surface area contributed by atoms with E-state index in [-0.39, 0.29) is 11.5 Å². The molecule has 1 atom stereocenters. The molecule has 0 heterocycles. The minimum Gasteiger partial charge on any atom is -0.401 e. The Morgan fingerprint density at radius 3 is 2.11 bits per heavy atom. The third-order valence-electron chi connectivity index (χ3n) is 0.928. The number of nitrogens with one attached hydrogen (secondary N) is 1. The van der Waals surface area contributed by atoms with Gasteiger partial charge in [-0.25, -0.2) is 0 Å². The molecule has 0 aliphatic carbocycles. The third kappa shape index (κ3) is 7.98. The molecule has 0 bridgehead atoms. The molecule has 3 heteroatoms. The van der Waals surface area contributed by atoms with Gasteiger partial charge in [0, 0.05) is 18.1 Å². The molecule has 1 unspecified atom stereocenters. The fraction of sp³-hybridized carbons (Fsp3) is 1.00. The van der Waals surface area contributed by atoms with Gasteiger partial charge in [0.15, 0.2) is 0 Å². The summed E-state index contributed by atoms with van der Waals surface area (Å²) in [5, 5.41) is 12.0. The summed E-state index contributed by atoms with van der Waals surface area (Å²) in [7, 11) is 1.78. The molecular weight excluding hydrogens is 113 g/mol. The van der Waals surface area contributed by atoms with Crippen LogP contribution in [0.2, 0.25) is 0 Å². The molecule has 2 N–H and O–H groups in total. The van der Waals surface area contributed by atoms with Crippen molar-refractivity contribution in [2.45, 2.75) is 32.3 Å². The lowest BCUT2D eigenvalue weighted by atomic mass is 9.99. The lowest BCUT2D eigenvalue weighted by Crippen LogP contribution is -2.40. The minimum atomic E-state index is -0.246. The van der Waals surface area contributed by atoms with Crippen LogP contribution in [-0.4, -0.2) is 31.0 Å². The van der Waals surface area contributed by atoms with Gasteiger partial charge in [-0.05, 0) is 20.8 Å². The van der Waals surface area contributed by atoms with Crippen molar-refractivity contribution in [2.24, 2.45) is 0 Å². The highest BCUT2D eigenvalue weighted by molar-refractivity contribution is 6.10. The zero-order valence-electron chi connectivity index (χ0n) is 6.73. The van der Waals surface area contributed by atoms with Gasteiger partial charge in [0.1, 0.15) is 7.85 Å². The first-order valence-electron chi connectivity index (χ1n) is 3.35. The Bertz CT molecular complexity index is 77.6. The predicted molar refractivity (Wildman–Crippen MR) is 42.3 cm³/mol. The zero-order chi connectivity index (χ0) is 7.49. The van der Waals surface area contributed by atoms with Crippen LogP contribution in [0.25, 0.3) is 0 Å². The second kappa shape index (κ2) is 3.23. The standard InChI is InChI=1S/C6H16BNO/c1-6(2,3)8-4-5(7)9/h5,8-9H,4,7H2,1-3H3. The summed E-state index contributed by atoms with van der Waals surface area (Å²) in [6.45, 7) is 6.91. The van der Waals surface area contributed by atoms with Crippen LogP contribution in [0.1, 0.15) is 20.8 Å². The van der Waals surface area contributed by atoms with E-state index in [1.165, 1.54) is 0 Å². The van der Waals surface area contributed by atoms with Crippen LogP contribution in [0.15, 0.2) is 0 Å². The molecule has 0 aromatic rings. The van der Waals surface area contributed by atoms with E-state index in [0.29, 0.717) is 6.54 Å². The SMILES string of the molecule is BC(O)CNC(C)(C)C. The van der Waals surface area contributed by atoms with E-state index >= 15 is 0 Å². The van der Waals surface area contributed by atoms with Crippen molar-refractivity contribution in [1.82, 2.24) is 5.32 Å². The number of rotatable bonds is 2. The van der Waals surface area contributed by atoms with E-state index in [9.17, 15) is 0 Å². The quantitative estimate of drug-likeness (QED) is 0.484. The Morgan fingerprint density at radius 1 is 1.56 bits per heavy atom. The first kappa shape index (κ1) is 8.98. The Balaban J connectivity index is 3.28. The fourth-order valence-electron chi connectivity index (χ4n) is 0.454. The van der Waals surface area contributed by atoms with Gasteiger partial charge in [0.05, 0.1) is 0 Å². The van der Waals surface area contributed by atoms with Gasteiger partial charge in [-0.2, -0.15) is 0 Å². The Hall–Kier alpha value is -0.0151. The van der Waals surface area contributed by atoms with Gasteiger partial charge in [0.25, 0.3) is 0 Å². The molecular formula is C6H16BNO. The highest BCUT2D eigenvalue weighted by atomic mass is 16.3. The van der Waals surface area contributed by atoms with Gasteiger partial charge in [0.2, 0.25) is 0 Å². The molecule has 54 valence electrons. The lowest BCUT2D eigenvalue weighted by Gasteiger charge is -2.21. The molecule has 0 saturated carbocycles. The van der Waals surface area contributed by atoms with Gasteiger partial charge in [-0.15, -0.1) is 0 Å². The summed E-state index contributed by atoms with van der Waals surface area (Å²) >= 11 is 0. The number of hydrogen-bond acceptors (Lipinski definition) is 2. The summed E-state index contributed by atoms with van der Waals surface area (Å²) < 4.78 is 0. The van der Waals surface area contributed by atoms with Crippen molar-refractivity contribution in [3.05, 3.63) is 0 Å². The van der Waals surface area contributed by atoms with Crippen molar-refractivity contribution < 1.29 is 5.11 Å². The summed E-state index contributed by atoms with van der Waals surface area (Å²) in [4.78, 5) is 0. The Morgan fingerprint density at radius 2 is 2.00 bits per heavy atom. The first-order chi connectivity index (χ1) is 3.92. The van der Waals surface area contributed by atoms with E-state index in [0.717, 1.165) is 0 Å². The Labute approximate surface area is 58.1 Å². The maximum Gasteiger partial charge on any atom is 0.140 e. The van der Waals surface area contributed by atoms with Crippen molar-refractivity contribution in [3.8, 4) is 0 Å². The molecule has 0 aromatic carbocycles. The topological polar surface area (TPSA) is 32.3 Å². The molecule has 9 heavy (non-hydrogen) atoms. The molecule has 0 aliphatic heterocycles. The van der Waals surface area contributed by atoms with Crippen LogP contribution in [0.4, 0.5) is 0 Å². The first-order valence-corrected chi connectivity index (χ1v) is 3.35. The third-order valence-corrected chi connectivity index (χ3v) is 0.928. The summed E-state index contributed by atoms with van der Waals surface area (Å²) in [6, 6.07) is -0.246. The molecule has 0 amide bonds. The molecule has 0 radical (unpaired) electrons. The van der Waals surface area contributed by atoms with Crippen LogP contribution < -0.4 is 5.32 Å². The fourth-order valence-corrected chi connectivity index (χ4v) is 0.454. The van der Waals surface area contributed by atoms with Gasteiger partial charge >= 0.3 is 0 Å². The average molecular weight is 129 g/mol. The monoisotopic (exact) mass is 129 g/mol. The lowest BCUT2D eigenvalue weighted by molar-refractivity contribution is 0.234. The molecule has 0 aromatic heterocycles. The molecule has 0 rings (SSSR count). The van der Waals surface area contributed by atoms with Crippen LogP contribution in [0.3, 0.4) is 0 Å². The van der Waals surface area contributed by atoms with Crippen molar-refractivity contribution in [1.29, 1.82) is 0 Å². The molecule has 0 aliphatic rings. The number of aliphatic hydroxyl groups is 1. The summed E-state index contributed by atoms with van der Waals surface area (Å²) in [6.07, 6.45) is 0. The van der Waals surface area contributed by atoms with Gasteiger partial charge in [-0.1, -0.05) is 0 Å². The smallest absolute Gasteiger partial charge is 0.140 e. The van der Waals surface area contributed by atoms with Gasteiger partial charge in [-0.3, -0.25) is 0 Å². The van der Waals surface area contributed by atoms with Crippen LogP contribution in [0, 0.1) is 0 Å². The average Bonchev–Trinajstić information content (AvgIpc) is 1.59. The number of β-amino-alcohol motifs (C(OH)–C–C–N with tert-alkyl or cyclic N) is 1. The van der Waals surface area contributed by atoms with Gasteiger partial charge < -0.3 is 10.4 Å². The maximum atomic E-state index is 8.85. The largest absolute Gasteiger partial charge is 0.401 e. The number of hydrogen-bond donors (Lipinski definition) is 2. The van der Waals surface area contributed by atoms with Crippen molar-refractivity contribution in [3.63, 3.8) is 0 Å². The highest BCUT2D eigenvalue weighted by Gasteiger charge is 2.08. The van der Waals surface area contributed by atoms with Crippen molar-refractivity contribution in [2.75, 3.05) is 6.54 Å². The summed E-state index contributed by atoms with van der Waals surface area (Å²) in [5.41, 5.74) is 0.122. The minimum absolute atomic E-state index is 0.122. The highest BCUT2D eigenvalue weighted by Crippen LogP contribution is 1.96. The maximum absolute atomic E-state index is 8.85. The van der Waals surface area contributed by atoms with Crippen LogP contribution >= 0.6 is 0 Å². The van der Waals surface area contributed by atoms with E-state index in [1.807, 2.05) is 0 Å². The normalized spacial score (nSPS) is 15.6. The van der Waals surface area contributed by atoms with E-state index in [4.69, 9.17) is 5.11 Å². The Kier molecular flexibility index (Phi) is 3.22. The molecule has 2 nitrogen and oxygen atoms in total. The zero-order valence-corrected chi connectivity index (χ0v) is 6.73. The second-order valence-corrected chi connectivity index (χ2v) is 3.48. The molecule has 0 saturated heterocycles. The predicted octanol–water partition coefficient (Wildman–Crippen LogP) is -0.674. The van der Waals surface area contributed by atoms with E-state index < -0.39 is 0 Å². The summed E-state index contributed by atoms with van der Waals surface area (Å²) in [5.74, 6) is 0. The van der Waals surface area contributed by atoms with E-state index in [1.54, 1.807) is 7.85 Å². The molecule has 0 spiro atoms.